The Bertz CT molecular complexity index is 496. The Morgan fingerprint density at radius 1 is 0.204 bits per heavy atom. The molecule has 0 saturated carbocycles. The molecule has 0 rings (SSSR count). The molecule has 0 saturated heterocycles. The molecular formula is C48H99Cr. The van der Waals surface area contributed by atoms with E-state index in [9.17, 15) is 0 Å². The molecule has 0 spiro atoms. The molecule has 0 aliphatic heterocycles. The summed E-state index contributed by atoms with van der Waals surface area (Å²) in [6.45, 7) is 22.2. The topological polar surface area (TPSA) is 0 Å². The molecular weight excluding hydrogens is 629 g/mol. The first-order valence-electron chi connectivity index (χ1n) is 23.7. The molecule has 0 aliphatic carbocycles. The Balaban J connectivity index is 8.19. The zero-order chi connectivity index (χ0) is 36.5. The van der Waals surface area contributed by atoms with Crippen LogP contribution in [0, 0.1) is 0 Å². The van der Waals surface area contributed by atoms with Gasteiger partial charge in [0.25, 0.3) is 0 Å². The molecule has 0 aromatic heterocycles. The zero-order valence-corrected chi connectivity index (χ0v) is 37.6. The van der Waals surface area contributed by atoms with Crippen LogP contribution in [0.4, 0.5) is 0 Å². The summed E-state index contributed by atoms with van der Waals surface area (Å²) in [5.74, 6) is 0. The van der Waals surface area contributed by atoms with Crippen LogP contribution in [0.15, 0.2) is 0 Å². The van der Waals surface area contributed by atoms with Crippen molar-refractivity contribution in [3.8, 4) is 0 Å². The quantitative estimate of drug-likeness (QED) is 0.0553. The van der Waals surface area contributed by atoms with Gasteiger partial charge in [-0.05, 0) is 0 Å². The average Bonchev–Trinajstić information content (AvgIpc) is 3.09. The molecule has 1 heteroatoms. The molecule has 49 heavy (non-hydrogen) atoms. The molecule has 0 unspecified atom stereocenters. The van der Waals surface area contributed by atoms with E-state index in [4.69, 9.17) is 0 Å². The van der Waals surface area contributed by atoms with Gasteiger partial charge in [0.1, 0.15) is 0 Å². The number of unbranched alkanes of at least 4 members (excludes halogenated alkanes) is 18. The van der Waals surface area contributed by atoms with Crippen LogP contribution in [0.25, 0.3) is 0 Å². The van der Waals surface area contributed by atoms with E-state index < -0.39 is 14.1 Å². The summed E-state index contributed by atoms with van der Waals surface area (Å²) < 4.78 is 1.94. The van der Waals surface area contributed by atoms with Crippen LogP contribution in [-0.2, 0) is 14.1 Å². The monoisotopic (exact) mass is 728 g/mol. The Labute approximate surface area is 319 Å². The Kier molecular flexibility index (Phi) is 33.5. The van der Waals surface area contributed by atoms with Crippen molar-refractivity contribution in [2.75, 3.05) is 0 Å². The average molecular weight is 728 g/mol. The van der Waals surface area contributed by atoms with E-state index in [0.717, 1.165) is 0 Å². The summed E-state index contributed by atoms with van der Waals surface area (Å²) in [5, 5.41) is 0. The molecule has 0 aliphatic rings. The van der Waals surface area contributed by atoms with E-state index in [-0.39, 0.29) is 0 Å². The van der Waals surface area contributed by atoms with Gasteiger partial charge in [0.05, 0.1) is 0 Å². The summed E-state index contributed by atoms with van der Waals surface area (Å²) >= 11 is -1.14. The molecule has 0 atom stereocenters. The molecule has 0 radical (unpaired) electrons. The second kappa shape index (κ2) is 33.1. The third-order valence-electron chi connectivity index (χ3n) is 12.4. The summed E-state index contributed by atoms with van der Waals surface area (Å²) in [6.07, 6.45) is 53.5. The standard InChI is InChI=1S/3C16H33.Cr/c3*1-4-7-10-13-16(14-11-8-5-2)15-12-9-6-3;/h3*4-15H2,1-3H3;. The van der Waals surface area contributed by atoms with Gasteiger partial charge in [-0.2, -0.15) is 0 Å². The van der Waals surface area contributed by atoms with Crippen LogP contribution >= 0.6 is 0 Å². The SMILES string of the molecule is CCCCC[C](CCCCC)(CCCCC)[Cr]([C](CCCCC)(CCCCC)CCCCC)[C](CCCCC)(CCCCC)CCCCC. The van der Waals surface area contributed by atoms with Crippen LogP contribution < -0.4 is 0 Å². The Morgan fingerprint density at radius 2 is 0.327 bits per heavy atom. The van der Waals surface area contributed by atoms with Gasteiger partial charge in [0, 0.05) is 0 Å². The number of hydrogen-bond donors (Lipinski definition) is 0. The third-order valence-corrected chi connectivity index (χ3v) is 19.3. The maximum atomic E-state index is 2.47. The van der Waals surface area contributed by atoms with Gasteiger partial charge in [0.15, 0.2) is 0 Å². The summed E-state index contributed by atoms with van der Waals surface area (Å²) in [7, 11) is 0. The molecule has 0 bridgehead atoms. The van der Waals surface area contributed by atoms with Gasteiger partial charge < -0.3 is 0 Å². The van der Waals surface area contributed by atoms with E-state index in [1.54, 1.807) is 57.8 Å². The van der Waals surface area contributed by atoms with Crippen LogP contribution in [-0.4, -0.2) is 0 Å². The van der Waals surface area contributed by atoms with Crippen LogP contribution in [0.2, 0.25) is 12.8 Å². The Morgan fingerprint density at radius 3 is 0.429 bits per heavy atom. The van der Waals surface area contributed by atoms with Gasteiger partial charge in [0.2, 0.25) is 0 Å². The summed E-state index contributed by atoms with van der Waals surface area (Å²) in [6, 6.07) is 0. The Hall–Kier alpha value is 0.532. The molecule has 0 fully saturated rings. The molecule has 297 valence electrons. The fourth-order valence-electron chi connectivity index (χ4n) is 9.70. The van der Waals surface area contributed by atoms with E-state index in [1.807, 2.05) is 0 Å². The third kappa shape index (κ3) is 20.0. The summed E-state index contributed by atoms with van der Waals surface area (Å²) in [5.41, 5.74) is 0. The predicted molar refractivity (Wildman–Crippen MR) is 225 cm³/mol. The van der Waals surface area contributed by atoms with Crippen LogP contribution in [0.5, 0.6) is 0 Å². The summed E-state index contributed by atoms with van der Waals surface area (Å²) in [4.78, 5) is 0. The maximum absolute atomic E-state index is 2.47. The van der Waals surface area contributed by atoms with Crippen molar-refractivity contribution in [3.05, 3.63) is 0 Å². The van der Waals surface area contributed by atoms with E-state index in [2.05, 4.69) is 62.3 Å². The first-order valence-corrected chi connectivity index (χ1v) is 25.6. The van der Waals surface area contributed by atoms with Crippen molar-refractivity contribution < 1.29 is 14.1 Å². The van der Waals surface area contributed by atoms with Crippen LogP contribution in [0.1, 0.15) is 293 Å². The van der Waals surface area contributed by atoms with Gasteiger partial charge in [-0.15, -0.1) is 0 Å². The minimum atomic E-state index is -1.14. The fraction of sp³-hybridized carbons (Fsp3) is 1.00. The van der Waals surface area contributed by atoms with E-state index >= 15 is 0 Å². The number of rotatable bonds is 39. The van der Waals surface area contributed by atoms with Gasteiger partial charge in [-0.3, -0.25) is 0 Å². The van der Waals surface area contributed by atoms with Crippen molar-refractivity contribution in [2.45, 2.75) is 306 Å². The van der Waals surface area contributed by atoms with Crippen molar-refractivity contribution in [1.29, 1.82) is 0 Å². The number of hydrogen-bond acceptors (Lipinski definition) is 0. The molecule has 0 aromatic rings. The van der Waals surface area contributed by atoms with Gasteiger partial charge in [-0.1, -0.05) is 0 Å². The van der Waals surface area contributed by atoms with Gasteiger partial charge in [-0.25, -0.2) is 0 Å². The van der Waals surface area contributed by atoms with E-state index in [0.29, 0.717) is 12.8 Å². The molecule has 0 heterocycles. The molecule has 0 aromatic carbocycles. The second-order valence-corrected chi connectivity index (χ2v) is 22.0. The van der Waals surface area contributed by atoms with Crippen molar-refractivity contribution >= 4 is 0 Å². The second-order valence-electron chi connectivity index (χ2n) is 17.0. The molecule has 0 nitrogen and oxygen atoms in total. The van der Waals surface area contributed by atoms with Crippen molar-refractivity contribution in [3.63, 3.8) is 0 Å². The normalized spacial score (nSPS) is 12.9. The van der Waals surface area contributed by atoms with Crippen molar-refractivity contribution in [2.24, 2.45) is 0 Å². The predicted octanol–water partition coefficient (Wildman–Crippen LogP) is 19.3. The molecule has 0 N–H and O–H groups in total. The minimum absolute atomic E-state index is 0.648. The van der Waals surface area contributed by atoms with Crippen LogP contribution in [0.3, 0.4) is 0 Å². The molecule has 0 amide bonds. The van der Waals surface area contributed by atoms with Crippen molar-refractivity contribution in [1.82, 2.24) is 0 Å². The first kappa shape index (κ1) is 49.5. The fourth-order valence-corrected chi connectivity index (χ4v) is 18.9. The first-order chi connectivity index (χ1) is 23.9. The van der Waals surface area contributed by atoms with Gasteiger partial charge >= 0.3 is 320 Å². The zero-order valence-electron chi connectivity index (χ0n) is 36.4. The van der Waals surface area contributed by atoms with E-state index in [1.165, 1.54) is 173 Å².